The van der Waals surface area contributed by atoms with Gasteiger partial charge in [0.25, 0.3) is 0 Å². The number of halogens is 3. The molecule has 0 radical (unpaired) electrons. The van der Waals surface area contributed by atoms with Crippen LogP contribution in [0.15, 0.2) is 0 Å². The van der Waals surface area contributed by atoms with E-state index in [9.17, 15) is 13.2 Å². The number of hydrogen-bond donors (Lipinski definition) is 1. The average molecular weight is 239 g/mol. The summed E-state index contributed by atoms with van der Waals surface area (Å²) < 4.78 is 41.1. The Labute approximate surface area is 94.5 Å². The van der Waals surface area contributed by atoms with Crippen molar-refractivity contribution in [3.8, 4) is 0 Å². The van der Waals surface area contributed by atoms with Gasteiger partial charge in [0.15, 0.2) is 0 Å². The van der Waals surface area contributed by atoms with Gasteiger partial charge in [-0.05, 0) is 32.6 Å². The minimum absolute atomic E-state index is 0.133. The van der Waals surface area contributed by atoms with Crippen molar-refractivity contribution < 1.29 is 17.9 Å². The van der Waals surface area contributed by atoms with Crippen molar-refractivity contribution in [1.82, 2.24) is 5.32 Å². The number of nitrogens with one attached hydrogen (secondary N) is 1. The Bertz CT molecular complexity index is 190. The van der Waals surface area contributed by atoms with Gasteiger partial charge in [0.1, 0.15) is 0 Å². The molecule has 16 heavy (non-hydrogen) atoms. The van der Waals surface area contributed by atoms with E-state index in [1.54, 1.807) is 0 Å². The van der Waals surface area contributed by atoms with Gasteiger partial charge in [-0.25, -0.2) is 0 Å². The average Bonchev–Trinajstić information content (AvgIpc) is 2.17. The molecule has 1 aliphatic rings. The Kier molecular flexibility index (Phi) is 5.55. The van der Waals surface area contributed by atoms with Gasteiger partial charge in [-0.2, -0.15) is 13.2 Å². The van der Waals surface area contributed by atoms with E-state index in [0.717, 1.165) is 19.4 Å². The quantitative estimate of drug-likeness (QED) is 0.796. The normalized spacial score (nSPS) is 24.4. The number of rotatable bonds is 5. The summed E-state index contributed by atoms with van der Waals surface area (Å²) in [5, 5.41) is 3.31. The molecular formula is C11H20F3NO. The highest BCUT2D eigenvalue weighted by atomic mass is 19.4. The molecule has 1 rings (SSSR count). The van der Waals surface area contributed by atoms with Crippen LogP contribution in [-0.4, -0.2) is 31.5 Å². The molecule has 0 spiro atoms. The maximum absolute atomic E-state index is 11.9. The summed E-state index contributed by atoms with van der Waals surface area (Å²) in [6.07, 6.45) is -1.84. The molecule has 2 nitrogen and oxygen atoms in total. The Balaban J connectivity index is 2.08. The number of alkyl halides is 3. The maximum atomic E-state index is 11.9. The molecule has 1 fully saturated rings. The van der Waals surface area contributed by atoms with Gasteiger partial charge in [-0.1, -0.05) is 0 Å². The summed E-state index contributed by atoms with van der Waals surface area (Å²) in [4.78, 5) is 0. The van der Waals surface area contributed by atoms with Crippen molar-refractivity contribution in [2.75, 3.05) is 13.2 Å². The van der Waals surface area contributed by atoms with E-state index in [1.807, 2.05) is 6.92 Å². The van der Waals surface area contributed by atoms with Crippen LogP contribution in [0.5, 0.6) is 0 Å². The maximum Gasteiger partial charge on any atom is 0.389 e. The summed E-state index contributed by atoms with van der Waals surface area (Å²) in [5.41, 5.74) is 0. The lowest BCUT2D eigenvalue weighted by Crippen LogP contribution is -2.41. The molecule has 0 aromatic carbocycles. The molecule has 2 atom stereocenters. The first kappa shape index (κ1) is 13.8. The van der Waals surface area contributed by atoms with Crippen molar-refractivity contribution in [3.05, 3.63) is 0 Å². The molecular weight excluding hydrogens is 219 g/mol. The second-order valence-electron chi connectivity index (χ2n) is 4.49. The van der Waals surface area contributed by atoms with Crippen molar-refractivity contribution in [1.29, 1.82) is 0 Å². The second-order valence-corrected chi connectivity index (χ2v) is 4.49. The first-order valence-electron chi connectivity index (χ1n) is 5.88. The lowest BCUT2D eigenvalue weighted by Gasteiger charge is -2.26. The van der Waals surface area contributed by atoms with Crippen LogP contribution in [0.25, 0.3) is 0 Å². The predicted molar refractivity (Wildman–Crippen MR) is 56.3 cm³/mol. The van der Waals surface area contributed by atoms with Crippen molar-refractivity contribution in [2.24, 2.45) is 0 Å². The van der Waals surface area contributed by atoms with Crippen LogP contribution < -0.4 is 5.32 Å². The van der Waals surface area contributed by atoms with E-state index in [-0.39, 0.29) is 12.5 Å². The molecule has 1 N–H and O–H groups in total. The molecule has 5 heteroatoms. The van der Waals surface area contributed by atoms with Gasteiger partial charge in [-0.3, -0.25) is 0 Å². The SMILES string of the molecule is CC(CCCC(F)(F)F)N[C@H]1CCCOC1. The van der Waals surface area contributed by atoms with E-state index < -0.39 is 12.6 Å². The van der Waals surface area contributed by atoms with Gasteiger partial charge in [0.2, 0.25) is 0 Å². The van der Waals surface area contributed by atoms with Crippen LogP contribution in [0.2, 0.25) is 0 Å². The van der Waals surface area contributed by atoms with Gasteiger partial charge >= 0.3 is 6.18 Å². The fourth-order valence-electron chi connectivity index (χ4n) is 1.97. The topological polar surface area (TPSA) is 21.3 Å². The lowest BCUT2D eigenvalue weighted by atomic mass is 10.1. The highest BCUT2D eigenvalue weighted by molar-refractivity contribution is 4.74. The second kappa shape index (κ2) is 6.45. The Morgan fingerprint density at radius 2 is 2.19 bits per heavy atom. The zero-order chi connectivity index (χ0) is 12.0. The zero-order valence-electron chi connectivity index (χ0n) is 9.65. The van der Waals surface area contributed by atoms with Crippen LogP contribution in [0.3, 0.4) is 0 Å². The molecule has 1 unspecified atom stereocenters. The third kappa shape index (κ3) is 6.33. The molecule has 0 bridgehead atoms. The van der Waals surface area contributed by atoms with E-state index >= 15 is 0 Å². The largest absolute Gasteiger partial charge is 0.389 e. The van der Waals surface area contributed by atoms with Gasteiger partial charge < -0.3 is 10.1 Å². The molecule has 0 aliphatic carbocycles. The third-order valence-electron chi connectivity index (χ3n) is 2.78. The first-order chi connectivity index (χ1) is 7.47. The fourth-order valence-corrected chi connectivity index (χ4v) is 1.97. The molecule has 0 saturated carbocycles. The number of ether oxygens (including phenoxy) is 1. The summed E-state index contributed by atoms with van der Waals surface area (Å²) in [7, 11) is 0. The van der Waals surface area contributed by atoms with Crippen LogP contribution in [-0.2, 0) is 4.74 Å². The summed E-state index contributed by atoms with van der Waals surface area (Å²) >= 11 is 0. The zero-order valence-corrected chi connectivity index (χ0v) is 9.65. The molecule has 1 heterocycles. The van der Waals surface area contributed by atoms with Crippen LogP contribution >= 0.6 is 0 Å². The third-order valence-corrected chi connectivity index (χ3v) is 2.78. The Hall–Kier alpha value is -0.290. The van der Waals surface area contributed by atoms with E-state index in [4.69, 9.17) is 4.74 Å². The van der Waals surface area contributed by atoms with Gasteiger partial charge in [0.05, 0.1) is 6.61 Å². The summed E-state index contributed by atoms with van der Waals surface area (Å²) in [6.45, 7) is 3.43. The van der Waals surface area contributed by atoms with Crippen molar-refractivity contribution in [3.63, 3.8) is 0 Å². The molecule has 0 aromatic heterocycles. The minimum Gasteiger partial charge on any atom is -0.380 e. The monoisotopic (exact) mass is 239 g/mol. The van der Waals surface area contributed by atoms with Gasteiger partial charge in [0, 0.05) is 25.1 Å². The van der Waals surface area contributed by atoms with Crippen molar-refractivity contribution in [2.45, 2.75) is 57.3 Å². The van der Waals surface area contributed by atoms with Crippen LogP contribution in [0.1, 0.15) is 39.0 Å². The van der Waals surface area contributed by atoms with Gasteiger partial charge in [-0.15, -0.1) is 0 Å². The first-order valence-corrected chi connectivity index (χ1v) is 5.88. The minimum atomic E-state index is -4.02. The smallest absolute Gasteiger partial charge is 0.380 e. The highest BCUT2D eigenvalue weighted by Gasteiger charge is 2.26. The standard InChI is InChI=1S/C11H20F3NO/c1-9(4-2-6-11(12,13)14)15-10-5-3-7-16-8-10/h9-10,15H,2-8H2,1H3/t9?,10-/m0/s1. The van der Waals surface area contributed by atoms with Crippen LogP contribution in [0, 0.1) is 0 Å². The Morgan fingerprint density at radius 1 is 1.44 bits per heavy atom. The van der Waals surface area contributed by atoms with Crippen molar-refractivity contribution >= 4 is 0 Å². The predicted octanol–water partition coefficient (Wildman–Crippen LogP) is 2.88. The summed E-state index contributed by atoms with van der Waals surface area (Å²) in [6, 6.07) is 0.448. The van der Waals surface area contributed by atoms with E-state index in [1.165, 1.54) is 0 Å². The molecule has 1 aliphatic heterocycles. The van der Waals surface area contributed by atoms with Crippen LogP contribution in [0.4, 0.5) is 13.2 Å². The fraction of sp³-hybridized carbons (Fsp3) is 1.00. The van der Waals surface area contributed by atoms with E-state index in [2.05, 4.69) is 5.32 Å². The number of hydrogen-bond acceptors (Lipinski definition) is 2. The molecule has 1 saturated heterocycles. The molecule has 96 valence electrons. The molecule has 0 amide bonds. The lowest BCUT2D eigenvalue weighted by molar-refractivity contribution is -0.135. The summed E-state index contributed by atoms with van der Waals surface area (Å²) in [5.74, 6) is 0. The Morgan fingerprint density at radius 3 is 2.75 bits per heavy atom. The molecule has 0 aromatic rings. The van der Waals surface area contributed by atoms with E-state index in [0.29, 0.717) is 19.1 Å². The highest BCUT2D eigenvalue weighted by Crippen LogP contribution is 2.22.